The molecule has 2 saturated heterocycles. The van der Waals surface area contributed by atoms with Crippen molar-refractivity contribution in [2.45, 2.75) is 31.7 Å². The molecule has 1 aromatic carbocycles. The van der Waals surface area contributed by atoms with Crippen LogP contribution in [0.2, 0.25) is 5.02 Å². The molecule has 164 valence electrons. The number of aromatic nitrogens is 3. The molecular weight excluding hydrogens is 422 g/mol. The fourth-order valence-corrected chi connectivity index (χ4v) is 4.16. The van der Waals surface area contributed by atoms with Gasteiger partial charge in [-0.1, -0.05) is 11.6 Å². The molecule has 0 aliphatic carbocycles. The number of nitrogens with one attached hydrogen (secondary N) is 1. The third kappa shape index (κ3) is 4.34. The van der Waals surface area contributed by atoms with Gasteiger partial charge in [-0.2, -0.15) is 4.98 Å². The maximum Gasteiger partial charge on any atom is 0.296 e. The number of imidazole rings is 1. The van der Waals surface area contributed by atoms with Crippen molar-refractivity contribution in [3.8, 4) is 23.0 Å². The van der Waals surface area contributed by atoms with Gasteiger partial charge in [-0.25, -0.2) is 4.98 Å². The van der Waals surface area contributed by atoms with Crippen LogP contribution in [0, 0.1) is 0 Å². The van der Waals surface area contributed by atoms with Crippen molar-refractivity contribution >= 4 is 22.8 Å². The van der Waals surface area contributed by atoms with E-state index in [1.54, 1.807) is 0 Å². The summed E-state index contributed by atoms with van der Waals surface area (Å²) in [7, 11) is 0. The molecule has 5 rings (SSSR count). The summed E-state index contributed by atoms with van der Waals surface area (Å²) in [5.74, 6) is 0.766. The van der Waals surface area contributed by atoms with Crippen LogP contribution in [0.3, 0.4) is 0 Å². The molecule has 1 N–H and O–H groups in total. The fourth-order valence-electron chi connectivity index (χ4n) is 3.90. The van der Waals surface area contributed by atoms with E-state index in [9.17, 15) is 0 Å². The summed E-state index contributed by atoms with van der Waals surface area (Å²) in [6.45, 7) is 4.90. The predicted octanol–water partition coefficient (Wildman–Crippen LogP) is 3.63. The second-order valence-corrected chi connectivity index (χ2v) is 7.86. The molecule has 2 aliphatic heterocycles. The van der Waals surface area contributed by atoms with Crippen LogP contribution in [0.15, 0.2) is 30.3 Å². The quantitative estimate of drug-likeness (QED) is 0.529. The highest BCUT2D eigenvalue weighted by molar-refractivity contribution is 6.33. The number of nitrogens with zero attached hydrogens (tertiary/aromatic N) is 2. The van der Waals surface area contributed by atoms with Gasteiger partial charge >= 0.3 is 0 Å². The number of pyridine rings is 1. The van der Waals surface area contributed by atoms with Crippen LogP contribution >= 0.6 is 11.6 Å². The highest BCUT2D eigenvalue weighted by atomic mass is 35.5. The molecule has 2 aliphatic rings. The summed E-state index contributed by atoms with van der Waals surface area (Å²) in [5.41, 5.74) is 2.77. The largest absolute Gasteiger partial charge is 0.491 e. The molecule has 8 nitrogen and oxygen atoms in total. The van der Waals surface area contributed by atoms with Gasteiger partial charge in [0.15, 0.2) is 11.8 Å². The van der Waals surface area contributed by atoms with Crippen LogP contribution in [-0.4, -0.2) is 66.3 Å². The Bertz CT molecular complexity index is 1040. The molecule has 2 aromatic heterocycles. The molecule has 4 heterocycles. The molecular formula is C22H24ClN3O5. The van der Waals surface area contributed by atoms with Crippen molar-refractivity contribution in [2.24, 2.45) is 0 Å². The minimum absolute atomic E-state index is 0.0467. The number of hydrogen-bond donors (Lipinski definition) is 1. The number of aromatic amines is 1. The minimum atomic E-state index is -0.182. The Hall–Kier alpha value is -2.39. The van der Waals surface area contributed by atoms with Crippen molar-refractivity contribution < 1.29 is 23.7 Å². The molecule has 31 heavy (non-hydrogen) atoms. The summed E-state index contributed by atoms with van der Waals surface area (Å²) in [6.07, 6.45) is 0.786. The summed E-state index contributed by atoms with van der Waals surface area (Å²) < 4.78 is 28.4. The Balaban J connectivity index is 1.31. The van der Waals surface area contributed by atoms with Crippen LogP contribution in [0.1, 0.15) is 13.3 Å². The number of rotatable bonds is 8. The first-order chi connectivity index (χ1) is 15.2. The Morgan fingerprint density at radius 2 is 2.03 bits per heavy atom. The third-order valence-corrected chi connectivity index (χ3v) is 5.70. The standard InChI is InChI=1S/C22H24ClN3O5/c1-2-27-9-10-28-14-5-3-13(4-6-14)19-15(23)11-16-21(25-19)26-22(24-16)31-18-12-30-17-7-8-29-20(17)18/h3-6,11,17-18,20H,2,7-10,12H2,1H3,(H,24,25,26)/t17-,18?,20+/m1/s1. The van der Waals surface area contributed by atoms with Gasteiger partial charge in [-0.15, -0.1) is 0 Å². The summed E-state index contributed by atoms with van der Waals surface area (Å²) >= 11 is 6.51. The second-order valence-electron chi connectivity index (χ2n) is 7.45. The van der Waals surface area contributed by atoms with Gasteiger partial charge in [-0.05, 0) is 43.7 Å². The van der Waals surface area contributed by atoms with Gasteiger partial charge in [-0.3, -0.25) is 0 Å². The molecule has 3 aromatic rings. The average molecular weight is 446 g/mol. The molecule has 0 spiro atoms. The molecule has 0 saturated carbocycles. The molecule has 1 unspecified atom stereocenters. The summed E-state index contributed by atoms with van der Waals surface area (Å²) in [4.78, 5) is 12.3. The van der Waals surface area contributed by atoms with Crippen molar-refractivity contribution in [1.82, 2.24) is 15.0 Å². The first-order valence-electron chi connectivity index (χ1n) is 10.5. The smallest absolute Gasteiger partial charge is 0.296 e. The second kappa shape index (κ2) is 9.00. The molecule has 3 atom stereocenters. The SMILES string of the molecule is CCOCCOc1ccc(-c2nc3nc(OC4CO[C@@H]5CCO[C@H]45)[nH]c3cc2Cl)cc1. The zero-order chi connectivity index (χ0) is 21.2. The fraction of sp³-hybridized carbons (Fsp3) is 0.455. The van der Waals surface area contributed by atoms with Gasteiger partial charge in [0, 0.05) is 18.8 Å². The van der Waals surface area contributed by atoms with E-state index in [-0.39, 0.29) is 18.3 Å². The summed E-state index contributed by atoms with van der Waals surface area (Å²) in [6, 6.07) is 9.83. The van der Waals surface area contributed by atoms with Gasteiger partial charge in [0.05, 0.1) is 35.6 Å². The van der Waals surface area contributed by atoms with Crippen LogP contribution in [0.4, 0.5) is 0 Å². The Labute approximate surface area is 184 Å². The lowest BCUT2D eigenvalue weighted by molar-refractivity contribution is 0.0273. The normalized spacial score (nSPS) is 22.7. The number of H-pyrrole nitrogens is 1. The lowest BCUT2D eigenvalue weighted by Gasteiger charge is -2.15. The number of fused-ring (bicyclic) bond motifs is 2. The van der Waals surface area contributed by atoms with E-state index in [2.05, 4.69) is 15.0 Å². The van der Waals surface area contributed by atoms with Crippen molar-refractivity contribution in [1.29, 1.82) is 0 Å². The van der Waals surface area contributed by atoms with Gasteiger partial charge in [0.2, 0.25) is 0 Å². The number of ether oxygens (including phenoxy) is 5. The third-order valence-electron chi connectivity index (χ3n) is 5.42. The lowest BCUT2D eigenvalue weighted by Crippen LogP contribution is -2.32. The van der Waals surface area contributed by atoms with Gasteiger partial charge in [0.1, 0.15) is 18.5 Å². The zero-order valence-corrected chi connectivity index (χ0v) is 17.9. The van der Waals surface area contributed by atoms with Crippen molar-refractivity contribution in [2.75, 3.05) is 33.0 Å². The molecule has 0 bridgehead atoms. The van der Waals surface area contributed by atoms with E-state index < -0.39 is 0 Å². The summed E-state index contributed by atoms with van der Waals surface area (Å²) in [5, 5.41) is 0.524. The zero-order valence-electron chi connectivity index (χ0n) is 17.2. The predicted molar refractivity (Wildman–Crippen MR) is 115 cm³/mol. The Morgan fingerprint density at radius 1 is 1.16 bits per heavy atom. The van der Waals surface area contributed by atoms with E-state index in [0.717, 1.165) is 17.7 Å². The van der Waals surface area contributed by atoms with E-state index in [4.69, 9.17) is 35.3 Å². The topological polar surface area (TPSA) is 87.7 Å². The van der Waals surface area contributed by atoms with E-state index >= 15 is 0 Å². The van der Waals surface area contributed by atoms with Crippen molar-refractivity contribution in [3.05, 3.63) is 35.4 Å². The Kier molecular flexibility index (Phi) is 5.95. The van der Waals surface area contributed by atoms with E-state index in [1.165, 1.54) is 0 Å². The maximum absolute atomic E-state index is 6.51. The monoisotopic (exact) mass is 445 g/mol. The van der Waals surface area contributed by atoms with Crippen molar-refractivity contribution in [3.63, 3.8) is 0 Å². The highest BCUT2D eigenvalue weighted by Gasteiger charge is 2.43. The average Bonchev–Trinajstić information content (AvgIpc) is 3.48. The molecule has 0 radical (unpaired) electrons. The molecule has 0 amide bonds. The number of hydrogen-bond acceptors (Lipinski definition) is 7. The van der Waals surface area contributed by atoms with E-state index in [0.29, 0.717) is 60.9 Å². The van der Waals surface area contributed by atoms with Crippen LogP contribution in [0.5, 0.6) is 11.8 Å². The van der Waals surface area contributed by atoms with E-state index in [1.807, 2.05) is 37.3 Å². The van der Waals surface area contributed by atoms with Gasteiger partial charge < -0.3 is 28.7 Å². The first-order valence-corrected chi connectivity index (χ1v) is 10.9. The van der Waals surface area contributed by atoms with Crippen LogP contribution in [0.25, 0.3) is 22.4 Å². The lowest BCUT2D eigenvalue weighted by atomic mass is 10.1. The van der Waals surface area contributed by atoms with Gasteiger partial charge in [0.25, 0.3) is 6.01 Å². The number of benzene rings is 1. The molecule has 2 fully saturated rings. The minimum Gasteiger partial charge on any atom is -0.491 e. The number of halogens is 1. The maximum atomic E-state index is 6.51. The van der Waals surface area contributed by atoms with Crippen LogP contribution < -0.4 is 9.47 Å². The Morgan fingerprint density at radius 3 is 2.87 bits per heavy atom. The molecule has 9 heteroatoms. The van der Waals surface area contributed by atoms with Crippen LogP contribution in [-0.2, 0) is 14.2 Å². The first kappa shape index (κ1) is 20.5. The highest BCUT2D eigenvalue weighted by Crippen LogP contribution is 2.32.